The predicted octanol–water partition coefficient (Wildman–Crippen LogP) is 3.88. The number of halogens is 2. The lowest BCUT2D eigenvalue weighted by Crippen LogP contribution is -2.32. The van der Waals surface area contributed by atoms with Crippen molar-refractivity contribution in [1.82, 2.24) is 4.90 Å². The number of nitrogens with two attached hydrogens (primary N) is 1. The third kappa shape index (κ3) is 3.92. The number of aryl methyl sites for hydroxylation is 1. The topological polar surface area (TPSA) is 46.3 Å². The number of carbonyl (C=O) groups is 1. The number of hydrogen-bond donors (Lipinski definition) is 1. The lowest BCUT2D eigenvalue weighted by molar-refractivity contribution is -0.130. The highest BCUT2D eigenvalue weighted by Gasteiger charge is 2.33. The summed E-state index contributed by atoms with van der Waals surface area (Å²) in [7, 11) is 0. The minimum atomic E-state index is -0.0127. The molecular weight excluding hydrogens is 343 g/mol. The van der Waals surface area contributed by atoms with E-state index in [0.29, 0.717) is 36.0 Å². The molecule has 5 heteroatoms. The van der Waals surface area contributed by atoms with Crippen LogP contribution < -0.4 is 5.73 Å². The van der Waals surface area contributed by atoms with Crippen molar-refractivity contribution in [3.63, 3.8) is 0 Å². The Kier molecular flexibility index (Phi) is 5.44. The SMILES string of the molecule is N[C@@H]1CN(C(=O)CCc2ccc(Cl)c(Cl)c2)C[C@H]1c1ccccc1. The van der Waals surface area contributed by atoms with Crippen molar-refractivity contribution in [2.24, 2.45) is 5.73 Å². The molecule has 0 unspecified atom stereocenters. The Morgan fingerprint density at radius 3 is 2.54 bits per heavy atom. The maximum atomic E-state index is 12.5. The maximum absolute atomic E-state index is 12.5. The van der Waals surface area contributed by atoms with Crippen LogP contribution in [0, 0.1) is 0 Å². The van der Waals surface area contributed by atoms with Gasteiger partial charge in [-0.25, -0.2) is 0 Å². The van der Waals surface area contributed by atoms with Crippen molar-refractivity contribution in [2.45, 2.75) is 24.8 Å². The van der Waals surface area contributed by atoms with Crippen molar-refractivity contribution >= 4 is 29.1 Å². The van der Waals surface area contributed by atoms with Crippen LogP contribution in [0.5, 0.6) is 0 Å². The Morgan fingerprint density at radius 2 is 1.83 bits per heavy atom. The molecule has 2 aromatic carbocycles. The zero-order valence-electron chi connectivity index (χ0n) is 13.3. The molecule has 24 heavy (non-hydrogen) atoms. The van der Waals surface area contributed by atoms with Gasteiger partial charge in [0, 0.05) is 31.5 Å². The number of likely N-dealkylation sites (tertiary alicyclic amines) is 1. The van der Waals surface area contributed by atoms with Crippen LogP contribution >= 0.6 is 23.2 Å². The van der Waals surface area contributed by atoms with Gasteiger partial charge < -0.3 is 10.6 Å². The van der Waals surface area contributed by atoms with Gasteiger partial charge in [-0.3, -0.25) is 4.79 Å². The standard InChI is InChI=1S/C19H20Cl2N2O/c20-16-8-6-13(10-17(16)21)7-9-19(24)23-11-15(18(22)12-23)14-4-2-1-3-5-14/h1-6,8,10,15,18H,7,9,11-12,22H2/t15-,18+/m0/s1. The second kappa shape index (κ2) is 7.56. The van der Waals surface area contributed by atoms with Gasteiger partial charge in [-0.2, -0.15) is 0 Å². The molecule has 3 nitrogen and oxygen atoms in total. The van der Waals surface area contributed by atoms with Gasteiger partial charge in [0.15, 0.2) is 0 Å². The largest absolute Gasteiger partial charge is 0.340 e. The lowest BCUT2D eigenvalue weighted by atomic mass is 9.95. The molecule has 0 aliphatic carbocycles. The number of rotatable bonds is 4. The van der Waals surface area contributed by atoms with Crippen LogP contribution in [0.4, 0.5) is 0 Å². The van der Waals surface area contributed by atoms with Gasteiger partial charge in [-0.15, -0.1) is 0 Å². The van der Waals surface area contributed by atoms with Crippen molar-refractivity contribution in [3.8, 4) is 0 Å². The van der Waals surface area contributed by atoms with Gasteiger partial charge >= 0.3 is 0 Å². The molecule has 1 aliphatic heterocycles. The van der Waals surface area contributed by atoms with Gasteiger partial charge in [-0.1, -0.05) is 59.6 Å². The van der Waals surface area contributed by atoms with E-state index in [-0.39, 0.29) is 17.9 Å². The van der Waals surface area contributed by atoms with Crippen LogP contribution in [-0.2, 0) is 11.2 Å². The molecule has 1 fully saturated rings. The average molecular weight is 363 g/mol. The predicted molar refractivity (Wildman–Crippen MR) is 98.5 cm³/mol. The first-order valence-corrected chi connectivity index (χ1v) is 8.82. The molecule has 1 saturated heterocycles. The van der Waals surface area contributed by atoms with E-state index in [4.69, 9.17) is 28.9 Å². The Balaban J connectivity index is 1.59. The van der Waals surface area contributed by atoms with E-state index in [1.54, 1.807) is 6.07 Å². The van der Waals surface area contributed by atoms with Gasteiger partial charge in [-0.05, 0) is 29.7 Å². The Morgan fingerprint density at radius 1 is 1.08 bits per heavy atom. The molecule has 126 valence electrons. The Bertz CT molecular complexity index is 721. The molecule has 0 bridgehead atoms. The van der Waals surface area contributed by atoms with Crippen LogP contribution in [0.15, 0.2) is 48.5 Å². The number of carbonyl (C=O) groups excluding carboxylic acids is 1. The second-order valence-electron chi connectivity index (χ2n) is 6.23. The molecule has 1 heterocycles. The number of amides is 1. The first-order chi connectivity index (χ1) is 11.5. The fourth-order valence-corrected chi connectivity index (χ4v) is 3.51. The highest BCUT2D eigenvalue weighted by atomic mass is 35.5. The van der Waals surface area contributed by atoms with Crippen molar-refractivity contribution in [2.75, 3.05) is 13.1 Å². The van der Waals surface area contributed by atoms with Gasteiger partial charge in [0.2, 0.25) is 5.91 Å². The molecule has 2 N–H and O–H groups in total. The summed E-state index contributed by atoms with van der Waals surface area (Å²) in [6.45, 7) is 1.30. The summed E-state index contributed by atoms with van der Waals surface area (Å²) in [6, 6.07) is 15.6. The normalized spacial score (nSPS) is 20.4. The summed E-state index contributed by atoms with van der Waals surface area (Å²) in [5, 5.41) is 1.05. The smallest absolute Gasteiger partial charge is 0.222 e. The highest BCUT2D eigenvalue weighted by molar-refractivity contribution is 6.42. The maximum Gasteiger partial charge on any atom is 0.222 e. The van der Waals surface area contributed by atoms with Gasteiger partial charge in [0.1, 0.15) is 0 Å². The van der Waals surface area contributed by atoms with E-state index in [1.165, 1.54) is 5.56 Å². The highest BCUT2D eigenvalue weighted by Crippen LogP contribution is 2.27. The second-order valence-corrected chi connectivity index (χ2v) is 7.04. The molecule has 1 aliphatic rings. The van der Waals surface area contributed by atoms with E-state index in [0.717, 1.165) is 5.56 Å². The third-order valence-electron chi connectivity index (χ3n) is 4.56. The van der Waals surface area contributed by atoms with Crippen LogP contribution in [0.25, 0.3) is 0 Å². The molecule has 0 spiro atoms. The lowest BCUT2D eigenvalue weighted by Gasteiger charge is -2.16. The molecule has 2 aromatic rings. The summed E-state index contributed by atoms with van der Waals surface area (Å²) in [5.41, 5.74) is 8.47. The van der Waals surface area contributed by atoms with Crippen LogP contribution in [0.2, 0.25) is 10.0 Å². The average Bonchev–Trinajstić information content (AvgIpc) is 2.98. The van der Waals surface area contributed by atoms with Crippen molar-refractivity contribution in [1.29, 1.82) is 0 Å². The van der Waals surface area contributed by atoms with Crippen LogP contribution in [-0.4, -0.2) is 29.9 Å². The molecular formula is C19H20Cl2N2O. The number of hydrogen-bond acceptors (Lipinski definition) is 2. The fourth-order valence-electron chi connectivity index (χ4n) is 3.19. The summed E-state index contributed by atoms with van der Waals surface area (Å²) in [6.07, 6.45) is 1.10. The minimum Gasteiger partial charge on any atom is -0.340 e. The molecule has 0 saturated carbocycles. The Hall–Kier alpha value is -1.55. The molecule has 0 aromatic heterocycles. The van der Waals surface area contributed by atoms with E-state index >= 15 is 0 Å². The molecule has 3 rings (SSSR count). The number of benzene rings is 2. The zero-order valence-corrected chi connectivity index (χ0v) is 14.8. The Labute approximate surface area is 152 Å². The quantitative estimate of drug-likeness (QED) is 0.896. The van der Waals surface area contributed by atoms with E-state index in [2.05, 4.69) is 12.1 Å². The van der Waals surface area contributed by atoms with Gasteiger partial charge in [0.25, 0.3) is 0 Å². The number of nitrogens with zero attached hydrogens (tertiary/aromatic N) is 1. The summed E-state index contributed by atoms with van der Waals surface area (Å²) < 4.78 is 0. The first-order valence-electron chi connectivity index (χ1n) is 8.07. The molecule has 0 radical (unpaired) electrons. The minimum absolute atomic E-state index is 0.0127. The van der Waals surface area contributed by atoms with Crippen LogP contribution in [0.3, 0.4) is 0 Å². The summed E-state index contributed by atoms with van der Waals surface area (Å²) >= 11 is 11.9. The fraction of sp³-hybridized carbons (Fsp3) is 0.316. The molecule has 2 atom stereocenters. The van der Waals surface area contributed by atoms with Crippen molar-refractivity contribution in [3.05, 3.63) is 69.7 Å². The molecule has 1 amide bonds. The van der Waals surface area contributed by atoms with E-state index in [1.807, 2.05) is 35.2 Å². The first kappa shape index (κ1) is 17.3. The van der Waals surface area contributed by atoms with E-state index in [9.17, 15) is 4.79 Å². The zero-order chi connectivity index (χ0) is 17.1. The monoisotopic (exact) mass is 362 g/mol. The van der Waals surface area contributed by atoms with Crippen molar-refractivity contribution < 1.29 is 4.79 Å². The summed E-state index contributed by atoms with van der Waals surface area (Å²) in [5.74, 6) is 0.343. The third-order valence-corrected chi connectivity index (χ3v) is 5.30. The van der Waals surface area contributed by atoms with Crippen LogP contribution in [0.1, 0.15) is 23.5 Å². The van der Waals surface area contributed by atoms with E-state index < -0.39 is 0 Å². The van der Waals surface area contributed by atoms with Gasteiger partial charge in [0.05, 0.1) is 10.0 Å². The summed E-state index contributed by atoms with van der Waals surface area (Å²) in [4.78, 5) is 14.4.